The van der Waals surface area contributed by atoms with E-state index in [4.69, 9.17) is 9.47 Å². The van der Waals surface area contributed by atoms with Gasteiger partial charge in [-0.2, -0.15) is 13.2 Å². The molecule has 2 heterocycles. The highest BCUT2D eigenvalue weighted by molar-refractivity contribution is 4.81. The van der Waals surface area contributed by atoms with Crippen LogP contribution in [0.25, 0.3) is 0 Å². The van der Waals surface area contributed by atoms with Crippen molar-refractivity contribution < 1.29 is 27.8 Å². The summed E-state index contributed by atoms with van der Waals surface area (Å²) >= 11 is 0. The molecule has 2 aliphatic heterocycles. The smallest absolute Gasteiger partial charge is 0.389 e. The van der Waals surface area contributed by atoms with E-state index >= 15 is 0 Å². The lowest BCUT2D eigenvalue weighted by Crippen LogP contribution is -2.54. The molecule has 0 radical (unpaired) electrons. The van der Waals surface area contributed by atoms with Crippen LogP contribution in [0.4, 0.5) is 13.2 Å². The number of β-amino-alcohol motifs (C(OH)–C–C–N with tert-alkyl or cyclic N) is 1. The van der Waals surface area contributed by atoms with Crippen LogP contribution in [0.3, 0.4) is 0 Å². The maximum atomic E-state index is 12.7. The SMILES string of the molecule is CC(N1CCN(CC(O)COC2CCOCC2)CC1)C(F)(F)F. The standard InChI is InChI=1S/C15H27F3N2O3/c1-12(15(16,17)18)20-6-4-19(5-7-20)10-13(21)11-23-14-2-8-22-9-3-14/h12-14,21H,2-11H2,1H3. The van der Waals surface area contributed by atoms with Crippen LogP contribution in [0, 0.1) is 0 Å². The van der Waals surface area contributed by atoms with Crippen LogP contribution < -0.4 is 0 Å². The van der Waals surface area contributed by atoms with E-state index in [-0.39, 0.29) is 12.7 Å². The van der Waals surface area contributed by atoms with Crippen molar-refractivity contribution in [3.8, 4) is 0 Å². The molecule has 2 rings (SSSR count). The molecule has 23 heavy (non-hydrogen) atoms. The number of alkyl halides is 3. The Morgan fingerprint density at radius 2 is 1.78 bits per heavy atom. The Morgan fingerprint density at radius 1 is 1.17 bits per heavy atom. The topological polar surface area (TPSA) is 45.2 Å². The second kappa shape index (κ2) is 8.62. The highest BCUT2D eigenvalue weighted by Crippen LogP contribution is 2.25. The minimum atomic E-state index is -4.18. The molecule has 2 aliphatic rings. The summed E-state index contributed by atoms with van der Waals surface area (Å²) < 4.78 is 49.0. The van der Waals surface area contributed by atoms with Crippen molar-refractivity contribution in [2.75, 3.05) is 52.5 Å². The zero-order valence-electron chi connectivity index (χ0n) is 13.6. The molecule has 0 saturated carbocycles. The van der Waals surface area contributed by atoms with E-state index in [9.17, 15) is 18.3 Å². The van der Waals surface area contributed by atoms with Crippen molar-refractivity contribution in [3.63, 3.8) is 0 Å². The number of aliphatic hydroxyl groups is 1. The first-order chi connectivity index (χ1) is 10.9. The Bertz CT molecular complexity index is 343. The van der Waals surface area contributed by atoms with Crippen molar-refractivity contribution >= 4 is 0 Å². The van der Waals surface area contributed by atoms with E-state index in [0.29, 0.717) is 45.9 Å². The molecule has 136 valence electrons. The van der Waals surface area contributed by atoms with Gasteiger partial charge in [-0.1, -0.05) is 0 Å². The summed E-state index contributed by atoms with van der Waals surface area (Å²) in [4.78, 5) is 3.44. The number of piperazine rings is 1. The van der Waals surface area contributed by atoms with Gasteiger partial charge in [0.15, 0.2) is 0 Å². The van der Waals surface area contributed by atoms with Crippen molar-refractivity contribution in [2.45, 2.75) is 44.2 Å². The fraction of sp³-hybridized carbons (Fsp3) is 1.00. The Hall–Kier alpha value is -0.410. The van der Waals surface area contributed by atoms with Crippen LogP contribution in [0.1, 0.15) is 19.8 Å². The molecule has 8 heteroatoms. The van der Waals surface area contributed by atoms with Crippen molar-refractivity contribution in [1.82, 2.24) is 9.80 Å². The van der Waals surface area contributed by atoms with Crippen molar-refractivity contribution in [3.05, 3.63) is 0 Å². The number of ether oxygens (including phenoxy) is 2. The van der Waals surface area contributed by atoms with Crippen LogP contribution in [-0.2, 0) is 9.47 Å². The van der Waals surface area contributed by atoms with Gasteiger partial charge in [-0.05, 0) is 19.8 Å². The van der Waals surface area contributed by atoms with E-state index in [1.807, 2.05) is 4.90 Å². The van der Waals surface area contributed by atoms with Gasteiger partial charge in [0.05, 0.1) is 18.8 Å². The summed E-state index contributed by atoms with van der Waals surface area (Å²) in [5.74, 6) is 0. The second-order valence-electron chi connectivity index (χ2n) is 6.35. The summed E-state index contributed by atoms with van der Waals surface area (Å²) in [5.41, 5.74) is 0. The predicted molar refractivity (Wildman–Crippen MR) is 79.3 cm³/mol. The molecule has 0 aromatic carbocycles. The van der Waals surface area contributed by atoms with Gasteiger partial charge >= 0.3 is 6.18 Å². The Morgan fingerprint density at radius 3 is 2.35 bits per heavy atom. The minimum absolute atomic E-state index is 0.142. The molecule has 0 aromatic heterocycles. The molecule has 0 amide bonds. The molecule has 5 nitrogen and oxygen atoms in total. The first-order valence-electron chi connectivity index (χ1n) is 8.27. The minimum Gasteiger partial charge on any atom is -0.389 e. The van der Waals surface area contributed by atoms with Crippen molar-refractivity contribution in [1.29, 1.82) is 0 Å². The summed E-state index contributed by atoms with van der Waals surface area (Å²) in [6.45, 7) is 5.11. The lowest BCUT2D eigenvalue weighted by molar-refractivity contribution is -0.183. The van der Waals surface area contributed by atoms with E-state index in [1.165, 1.54) is 11.8 Å². The summed E-state index contributed by atoms with van der Waals surface area (Å²) in [5, 5.41) is 10.0. The van der Waals surface area contributed by atoms with Gasteiger partial charge in [0.25, 0.3) is 0 Å². The van der Waals surface area contributed by atoms with E-state index < -0.39 is 18.3 Å². The van der Waals surface area contributed by atoms with E-state index in [2.05, 4.69) is 0 Å². The zero-order chi connectivity index (χ0) is 16.9. The third-order valence-corrected chi connectivity index (χ3v) is 4.59. The predicted octanol–water partition coefficient (Wildman–Crippen LogP) is 1.11. The largest absolute Gasteiger partial charge is 0.403 e. The number of rotatable bonds is 6. The van der Waals surface area contributed by atoms with Crippen LogP contribution in [0.5, 0.6) is 0 Å². The second-order valence-corrected chi connectivity index (χ2v) is 6.35. The van der Waals surface area contributed by atoms with Crippen LogP contribution >= 0.6 is 0 Å². The Labute approximate surface area is 135 Å². The molecule has 1 N–H and O–H groups in total. The molecule has 2 saturated heterocycles. The molecule has 0 bridgehead atoms. The van der Waals surface area contributed by atoms with Crippen LogP contribution in [0.15, 0.2) is 0 Å². The van der Waals surface area contributed by atoms with Gasteiger partial charge in [-0.3, -0.25) is 9.80 Å². The quantitative estimate of drug-likeness (QED) is 0.785. The number of aliphatic hydroxyl groups excluding tert-OH is 1. The molecular formula is C15H27F3N2O3. The molecular weight excluding hydrogens is 313 g/mol. The molecule has 0 spiro atoms. The number of hydrogen-bond acceptors (Lipinski definition) is 5. The first-order valence-corrected chi connectivity index (χ1v) is 8.27. The van der Waals surface area contributed by atoms with Gasteiger partial charge in [-0.25, -0.2) is 0 Å². The van der Waals surface area contributed by atoms with Gasteiger partial charge in [0, 0.05) is 45.9 Å². The van der Waals surface area contributed by atoms with Crippen molar-refractivity contribution in [2.24, 2.45) is 0 Å². The normalized spacial score (nSPS) is 25.4. The number of hydrogen-bond donors (Lipinski definition) is 1. The van der Waals surface area contributed by atoms with Gasteiger partial charge in [0.1, 0.15) is 6.04 Å². The average molecular weight is 340 g/mol. The third-order valence-electron chi connectivity index (χ3n) is 4.59. The summed E-state index contributed by atoms with van der Waals surface area (Å²) in [6.07, 6.45) is -2.95. The molecule has 0 aliphatic carbocycles. The van der Waals surface area contributed by atoms with Crippen LogP contribution in [-0.4, -0.2) is 91.9 Å². The lowest BCUT2D eigenvalue weighted by Gasteiger charge is -2.39. The molecule has 2 atom stereocenters. The highest BCUT2D eigenvalue weighted by atomic mass is 19.4. The van der Waals surface area contributed by atoms with Gasteiger partial charge < -0.3 is 14.6 Å². The summed E-state index contributed by atoms with van der Waals surface area (Å²) in [6, 6.07) is -1.41. The number of halogens is 3. The van der Waals surface area contributed by atoms with E-state index in [0.717, 1.165) is 12.8 Å². The molecule has 2 fully saturated rings. The number of nitrogens with zero attached hydrogens (tertiary/aromatic N) is 2. The monoisotopic (exact) mass is 340 g/mol. The fourth-order valence-electron chi connectivity index (χ4n) is 2.98. The molecule has 0 aromatic rings. The Kier molecular flexibility index (Phi) is 7.09. The third kappa shape index (κ3) is 6.19. The van der Waals surface area contributed by atoms with E-state index in [1.54, 1.807) is 0 Å². The average Bonchev–Trinajstić information content (AvgIpc) is 2.53. The summed E-state index contributed by atoms with van der Waals surface area (Å²) in [7, 11) is 0. The zero-order valence-corrected chi connectivity index (χ0v) is 13.6. The molecule has 2 unspecified atom stereocenters. The maximum absolute atomic E-state index is 12.7. The maximum Gasteiger partial charge on any atom is 0.403 e. The van der Waals surface area contributed by atoms with Gasteiger partial charge in [0.2, 0.25) is 0 Å². The first kappa shape index (κ1) is 18.9. The fourth-order valence-corrected chi connectivity index (χ4v) is 2.98. The van der Waals surface area contributed by atoms with Crippen LogP contribution in [0.2, 0.25) is 0 Å². The van der Waals surface area contributed by atoms with Gasteiger partial charge in [-0.15, -0.1) is 0 Å². The lowest BCUT2D eigenvalue weighted by atomic mass is 10.1. The highest BCUT2D eigenvalue weighted by Gasteiger charge is 2.40. The Balaban J connectivity index is 1.63.